The van der Waals surface area contributed by atoms with E-state index in [2.05, 4.69) is 20.0 Å². The van der Waals surface area contributed by atoms with E-state index in [-0.39, 0.29) is 0 Å². The van der Waals surface area contributed by atoms with Gasteiger partial charge in [0.05, 0.1) is 11.7 Å². The number of aromatic nitrogens is 3. The molecule has 0 radical (unpaired) electrons. The number of nitrogens with zero attached hydrogens (tertiary/aromatic N) is 3. The Morgan fingerprint density at radius 1 is 1.50 bits per heavy atom. The van der Waals surface area contributed by atoms with Crippen molar-refractivity contribution in [3.05, 3.63) is 35.7 Å². The zero-order valence-corrected chi connectivity index (χ0v) is 10.6. The normalized spacial score (nSPS) is 21.3. The maximum absolute atomic E-state index is 5.13. The molecule has 1 aliphatic heterocycles. The van der Waals surface area contributed by atoms with Crippen LogP contribution in [0.4, 0.5) is 0 Å². The molecule has 1 atom stereocenters. The Labute approximate surface area is 106 Å². The van der Waals surface area contributed by atoms with Gasteiger partial charge in [-0.2, -0.15) is 0 Å². The number of likely N-dealkylation sites (tertiary alicyclic amines) is 1. The number of H-pyrrole nitrogens is 1. The van der Waals surface area contributed by atoms with Crippen molar-refractivity contribution >= 4 is 0 Å². The fourth-order valence-corrected chi connectivity index (χ4v) is 2.65. The standard InChI is InChI=1S/C13H18N4O/c1-10-8-11(16-18-10)9-17-7-3-2-4-12(17)13-14-5-6-15-13/h5-6,8,12H,2-4,7,9H2,1H3,(H,14,15)/t12-/m0/s1. The number of rotatable bonds is 3. The first-order valence-corrected chi connectivity index (χ1v) is 6.48. The molecule has 1 saturated heterocycles. The first-order valence-electron chi connectivity index (χ1n) is 6.48. The lowest BCUT2D eigenvalue weighted by Crippen LogP contribution is -2.33. The van der Waals surface area contributed by atoms with Crippen molar-refractivity contribution in [2.45, 2.75) is 38.8 Å². The minimum absolute atomic E-state index is 0.380. The van der Waals surface area contributed by atoms with Gasteiger partial charge in [-0.25, -0.2) is 4.98 Å². The van der Waals surface area contributed by atoms with Crippen molar-refractivity contribution in [2.24, 2.45) is 0 Å². The minimum atomic E-state index is 0.380. The molecule has 96 valence electrons. The van der Waals surface area contributed by atoms with E-state index in [0.29, 0.717) is 6.04 Å². The zero-order chi connectivity index (χ0) is 12.4. The van der Waals surface area contributed by atoms with Gasteiger partial charge in [0.2, 0.25) is 0 Å². The van der Waals surface area contributed by atoms with Crippen LogP contribution in [0.25, 0.3) is 0 Å². The largest absolute Gasteiger partial charge is 0.361 e. The average Bonchev–Trinajstić information content (AvgIpc) is 3.02. The van der Waals surface area contributed by atoms with Crippen molar-refractivity contribution in [3.63, 3.8) is 0 Å². The topological polar surface area (TPSA) is 58.0 Å². The fraction of sp³-hybridized carbons (Fsp3) is 0.538. The van der Waals surface area contributed by atoms with Gasteiger partial charge in [-0.15, -0.1) is 0 Å². The molecule has 0 aliphatic carbocycles. The molecule has 0 spiro atoms. The van der Waals surface area contributed by atoms with Gasteiger partial charge in [0.25, 0.3) is 0 Å². The van der Waals surface area contributed by atoms with E-state index < -0.39 is 0 Å². The summed E-state index contributed by atoms with van der Waals surface area (Å²) in [6.07, 6.45) is 7.38. The Balaban J connectivity index is 1.76. The van der Waals surface area contributed by atoms with Crippen molar-refractivity contribution in [1.29, 1.82) is 0 Å². The van der Waals surface area contributed by atoms with Gasteiger partial charge in [0.15, 0.2) is 0 Å². The Morgan fingerprint density at radius 2 is 2.44 bits per heavy atom. The molecule has 0 unspecified atom stereocenters. The number of piperidine rings is 1. The first-order chi connectivity index (χ1) is 8.83. The maximum Gasteiger partial charge on any atom is 0.133 e. The van der Waals surface area contributed by atoms with Gasteiger partial charge in [-0.1, -0.05) is 11.6 Å². The summed E-state index contributed by atoms with van der Waals surface area (Å²) < 4.78 is 5.13. The monoisotopic (exact) mass is 246 g/mol. The van der Waals surface area contributed by atoms with E-state index >= 15 is 0 Å². The van der Waals surface area contributed by atoms with Crippen LogP contribution in [0, 0.1) is 6.92 Å². The molecular weight excluding hydrogens is 228 g/mol. The quantitative estimate of drug-likeness (QED) is 0.903. The van der Waals surface area contributed by atoms with Gasteiger partial charge in [-0.3, -0.25) is 4.90 Å². The van der Waals surface area contributed by atoms with Crippen molar-refractivity contribution in [1.82, 2.24) is 20.0 Å². The molecular formula is C13H18N4O. The van der Waals surface area contributed by atoms with Crippen LogP contribution in [0.2, 0.25) is 0 Å². The average molecular weight is 246 g/mol. The third-order valence-corrected chi connectivity index (χ3v) is 3.49. The van der Waals surface area contributed by atoms with Crippen LogP contribution in [-0.4, -0.2) is 26.6 Å². The molecule has 2 aromatic rings. The number of hydrogen-bond acceptors (Lipinski definition) is 4. The molecule has 1 fully saturated rings. The predicted octanol–water partition coefficient (Wildman–Crippen LogP) is 2.43. The van der Waals surface area contributed by atoms with Crippen LogP contribution < -0.4 is 0 Å². The Morgan fingerprint density at radius 3 is 3.17 bits per heavy atom. The van der Waals surface area contributed by atoms with E-state index in [1.165, 1.54) is 12.8 Å². The molecule has 0 bridgehead atoms. The number of nitrogens with one attached hydrogen (secondary N) is 1. The lowest BCUT2D eigenvalue weighted by molar-refractivity contribution is 0.131. The smallest absolute Gasteiger partial charge is 0.133 e. The SMILES string of the molecule is Cc1cc(CN2CCCC[C@H]2c2ncc[nH]2)no1. The van der Waals surface area contributed by atoms with Gasteiger partial charge in [0, 0.05) is 25.0 Å². The molecule has 2 aromatic heterocycles. The molecule has 0 aromatic carbocycles. The molecule has 0 saturated carbocycles. The zero-order valence-electron chi connectivity index (χ0n) is 10.6. The summed E-state index contributed by atoms with van der Waals surface area (Å²) in [6.45, 7) is 3.86. The van der Waals surface area contributed by atoms with Crippen molar-refractivity contribution in [2.75, 3.05) is 6.54 Å². The number of imidazole rings is 1. The Kier molecular flexibility index (Phi) is 3.15. The van der Waals surface area contributed by atoms with Crippen LogP contribution in [0.3, 0.4) is 0 Å². The highest BCUT2D eigenvalue weighted by Gasteiger charge is 2.26. The Hall–Kier alpha value is -1.62. The second kappa shape index (κ2) is 4.94. The summed E-state index contributed by atoms with van der Waals surface area (Å²) in [4.78, 5) is 10.1. The lowest BCUT2D eigenvalue weighted by Gasteiger charge is -2.33. The van der Waals surface area contributed by atoms with E-state index in [1.807, 2.05) is 25.4 Å². The summed E-state index contributed by atoms with van der Waals surface area (Å²) in [6, 6.07) is 2.39. The van der Waals surface area contributed by atoms with E-state index in [0.717, 1.165) is 36.8 Å². The highest BCUT2D eigenvalue weighted by atomic mass is 16.5. The van der Waals surface area contributed by atoms with Gasteiger partial charge < -0.3 is 9.51 Å². The van der Waals surface area contributed by atoms with Crippen LogP contribution in [-0.2, 0) is 6.54 Å². The van der Waals surface area contributed by atoms with Crippen molar-refractivity contribution in [3.8, 4) is 0 Å². The third-order valence-electron chi connectivity index (χ3n) is 3.49. The number of aromatic amines is 1. The molecule has 3 rings (SSSR count). The summed E-state index contributed by atoms with van der Waals surface area (Å²) >= 11 is 0. The van der Waals surface area contributed by atoms with Gasteiger partial charge in [-0.05, 0) is 26.3 Å². The highest BCUT2D eigenvalue weighted by molar-refractivity contribution is 5.05. The second-order valence-electron chi connectivity index (χ2n) is 4.89. The van der Waals surface area contributed by atoms with E-state index in [1.54, 1.807) is 0 Å². The fourth-order valence-electron chi connectivity index (χ4n) is 2.65. The lowest BCUT2D eigenvalue weighted by atomic mass is 10.0. The van der Waals surface area contributed by atoms with Crippen LogP contribution in [0.15, 0.2) is 23.0 Å². The molecule has 0 amide bonds. The third kappa shape index (κ3) is 2.31. The summed E-state index contributed by atoms with van der Waals surface area (Å²) in [5, 5.41) is 4.08. The molecule has 18 heavy (non-hydrogen) atoms. The second-order valence-corrected chi connectivity index (χ2v) is 4.89. The minimum Gasteiger partial charge on any atom is -0.361 e. The molecule has 5 heteroatoms. The molecule has 1 N–H and O–H groups in total. The predicted molar refractivity (Wildman–Crippen MR) is 66.8 cm³/mol. The van der Waals surface area contributed by atoms with Gasteiger partial charge >= 0.3 is 0 Å². The Bertz CT molecular complexity index is 491. The van der Waals surface area contributed by atoms with Crippen molar-refractivity contribution < 1.29 is 4.52 Å². The summed E-state index contributed by atoms with van der Waals surface area (Å²) in [7, 11) is 0. The highest BCUT2D eigenvalue weighted by Crippen LogP contribution is 2.29. The maximum atomic E-state index is 5.13. The first kappa shape index (κ1) is 11.5. The number of aryl methyl sites for hydroxylation is 1. The molecule has 3 heterocycles. The van der Waals surface area contributed by atoms with E-state index in [9.17, 15) is 0 Å². The van der Waals surface area contributed by atoms with Gasteiger partial charge in [0.1, 0.15) is 11.6 Å². The van der Waals surface area contributed by atoms with Crippen LogP contribution in [0.5, 0.6) is 0 Å². The van der Waals surface area contributed by atoms with E-state index in [4.69, 9.17) is 4.52 Å². The summed E-state index contributed by atoms with van der Waals surface area (Å²) in [5.41, 5.74) is 1.01. The molecule has 1 aliphatic rings. The molecule has 5 nitrogen and oxygen atoms in total. The number of hydrogen-bond donors (Lipinski definition) is 1. The summed E-state index contributed by atoms with van der Waals surface area (Å²) in [5.74, 6) is 1.94. The van der Waals surface area contributed by atoms with Crippen LogP contribution >= 0.6 is 0 Å². The van der Waals surface area contributed by atoms with Crippen LogP contribution in [0.1, 0.15) is 42.6 Å².